The molecule has 0 bridgehead atoms. The molecule has 2 N–H and O–H groups in total. The van der Waals surface area contributed by atoms with Gasteiger partial charge in [-0.1, -0.05) is 44.5 Å². The van der Waals surface area contributed by atoms with Crippen molar-refractivity contribution in [3.05, 3.63) is 75.0 Å². The van der Waals surface area contributed by atoms with Crippen LogP contribution in [-0.4, -0.2) is 76.0 Å². The predicted molar refractivity (Wildman–Crippen MR) is 167 cm³/mol. The Kier molecular flexibility index (Phi) is 8.11. The Labute approximate surface area is 261 Å². The number of likely N-dealkylation sites (tertiary alicyclic amines) is 1. The Hall–Kier alpha value is -3.60. The molecule has 3 aliphatic rings. The molecule has 6 rings (SSSR count). The van der Waals surface area contributed by atoms with Crippen molar-refractivity contribution in [2.45, 2.75) is 64.4 Å². The highest BCUT2D eigenvalue weighted by Gasteiger charge is 2.56. The van der Waals surface area contributed by atoms with Crippen LogP contribution in [0.25, 0.3) is 10.9 Å². The van der Waals surface area contributed by atoms with Gasteiger partial charge in [0.15, 0.2) is 5.43 Å². The predicted octanol–water partition coefficient (Wildman–Crippen LogP) is 4.66. The summed E-state index contributed by atoms with van der Waals surface area (Å²) in [6.07, 6.45) is 1.24. The summed E-state index contributed by atoms with van der Waals surface area (Å²) in [4.78, 5) is 42.9. The van der Waals surface area contributed by atoms with E-state index < -0.39 is 17.7 Å². The van der Waals surface area contributed by atoms with E-state index in [-0.39, 0.29) is 42.3 Å². The summed E-state index contributed by atoms with van der Waals surface area (Å²) in [5.41, 5.74) is 1.22. The Bertz CT molecular complexity index is 1630. The molecule has 2 aromatic carbocycles. The van der Waals surface area contributed by atoms with Gasteiger partial charge >= 0.3 is 6.09 Å². The maximum absolute atomic E-state index is 13.7. The number of ether oxygens (including phenoxy) is 2. The molecule has 0 radical (unpaired) electrons. The molecule has 44 heavy (non-hydrogen) atoms. The number of piperidine rings is 1. The number of morpholine rings is 1. The number of nitrogens with one attached hydrogen (secondary N) is 1. The third-order valence-electron chi connectivity index (χ3n) is 9.08. The van der Waals surface area contributed by atoms with Gasteiger partial charge in [-0.25, -0.2) is 4.79 Å². The average Bonchev–Trinajstić information content (AvgIpc) is 2.98. The first kappa shape index (κ1) is 30.4. The number of carbonyl (C=O) groups is 2. The molecule has 3 aliphatic heterocycles. The van der Waals surface area contributed by atoms with Crippen LogP contribution in [0, 0.1) is 5.41 Å². The molecule has 0 saturated carbocycles. The van der Waals surface area contributed by atoms with E-state index in [0.717, 1.165) is 29.7 Å². The van der Waals surface area contributed by atoms with Crippen LogP contribution in [0.15, 0.2) is 53.5 Å². The molecule has 2 amide bonds. The molecule has 2 saturated heterocycles. The number of hydrogen-bond acceptors (Lipinski definition) is 6. The first-order chi connectivity index (χ1) is 20.9. The fourth-order valence-corrected chi connectivity index (χ4v) is 7.41. The second-order valence-corrected chi connectivity index (χ2v) is 13.6. The highest BCUT2D eigenvalue weighted by molar-refractivity contribution is 6.30. The van der Waals surface area contributed by atoms with Gasteiger partial charge in [0.2, 0.25) is 5.91 Å². The standard InChI is InChI=1S/C33H39ClN4O6/c1-32(2,3)30-33(9-11-37(31(41)42)25(18-33)29(40)35-19-21-4-6-23(34)7-5-21)44-27-17-22(20-36-12-14-43-15-13-36)16-24-26(39)8-10-38(30)28(24)27/h4-8,10,16-17,25,30H,9,11-15,18-20H2,1-3H3,(H,35,40)(H,41,42). The van der Waals surface area contributed by atoms with E-state index >= 15 is 0 Å². The Morgan fingerprint density at radius 3 is 2.48 bits per heavy atom. The summed E-state index contributed by atoms with van der Waals surface area (Å²) in [5.74, 6) is 0.211. The summed E-state index contributed by atoms with van der Waals surface area (Å²) in [6, 6.07) is 11.5. The number of rotatable bonds is 5. The second-order valence-electron chi connectivity index (χ2n) is 13.2. The zero-order chi connectivity index (χ0) is 31.2. The normalized spacial score (nSPS) is 23.9. The fourth-order valence-electron chi connectivity index (χ4n) is 7.29. The lowest BCUT2D eigenvalue weighted by Crippen LogP contribution is -2.64. The first-order valence-electron chi connectivity index (χ1n) is 15.1. The third kappa shape index (κ3) is 5.78. The quantitative estimate of drug-likeness (QED) is 0.425. The number of halogens is 1. The van der Waals surface area contributed by atoms with Crippen molar-refractivity contribution in [1.29, 1.82) is 0 Å². The van der Waals surface area contributed by atoms with Crippen molar-refractivity contribution >= 4 is 34.5 Å². The molecule has 3 atom stereocenters. The number of nitrogens with zero attached hydrogens (tertiary/aromatic N) is 3. The summed E-state index contributed by atoms with van der Waals surface area (Å²) in [5, 5.41) is 14.3. The minimum Gasteiger partial charge on any atom is -0.483 e. The minimum atomic E-state index is -1.14. The van der Waals surface area contributed by atoms with Crippen LogP contribution in [0.4, 0.5) is 4.79 Å². The Balaban J connectivity index is 1.38. The zero-order valence-electron chi connectivity index (χ0n) is 25.3. The van der Waals surface area contributed by atoms with Crippen molar-refractivity contribution in [3.8, 4) is 5.75 Å². The van der Waals surface area contributed by atoms with Crippen molar-refractivity contribution in [1.82, 2.24) is 19.7 Å². The molecule has 1 aromatic heterocycles. The number of aromatic nitrogens is 1. The minimum absolute atomic E-state index is 0.0753. The van der Waals surface area contributed by atoms with E-state index in [1.807, 2.05) is 30.5 Å². The molecule has 10 nitrogen and oxygen atoms in total. The van der Waals surface area contributed by atoms with E-state index in [9.17, 15) is 19.5 Å². The number of benzene rings is 2. The molecular weight excluding hydrogens is 584 g/mol. The molecule has 2 fully saturated rings. The smallest absolute Gasteiger partial charge is 0.407 e. The Morgan fingerprint density at radius 1 is 1.07 bits per heavy atom. The summed E-state index contributed by atoms with van der Waals surface area (Å²) < 4.78 is 14.7. The fraction of sp³-hybridized carbons (Fsp3) is 0.485. The molecule has 1 spiro atoms. The van der Waals surface area contributed by atoms with Gasteiger partial charge < -0.3 is 24.5 Å². The van der Waals surface area contributed by atoms with Crippen LogP contribution < -0.4 is 15.5 Å². The number of hydrogen-bond donors (Lipinski definition) is 2. The molecule has 234 valence electrons. The van der Waals surface area contributed by atoms with E-state index in [1.54, 1.807) is 18.2 Å². The van der Waals surface area contributed by atoms with E-state index in [1.165, 1.54) is 4.90 Å². The molecule has 11 heteroatoms. The van der Waals surface area contributed by atoms with Gasteiger partial charge in [0.05, 0.1) is 24.8 Å². The van der Waals surface area contributed by atoms with E-state index in [2.05, 4.69) is 35.6 Å². The number of amides is 2. The van der Waals surface area contributed by atoms with Crippen molar-refractivity contribution in [3.63, 3.8) is 0 Å². The van der Waals surface area contributed by atoms with Crippen molar-refractivity contribution in [2.75, 3.05) is 32.8 Å². The molecule has 4 heterocycles. The van der Waals surface area contributed by atoms with Crippen LogP contribution in [0.2, 0.25) is 5.02 Å². The highest BCUT2D eigenvalue weighted by atomic mass is 35.5. The first-order valence-corrected chi connectivity index (χ1v) is 15.5. The third-order valence-corrected chi connectivity index (χ3v) is 9.34. The summed E-state index contributed by atoms with van der Waals surface area (Å²) in [6.45, 7) is 10.3. The lowest BCUT2D eigenvalue weighted by atomic mass is 9.69. The lowest BCUT2D eigenvalue weighted by Gasteiger charge is -2.55. The Morgan fingerprint density at radius 2 is 1.80 bits per heavy atom. The van der Waals surface area contributed by atoms with Gasteiger partial charge in [-0.3, -0.25) is 19.4 Å². The molecule has 3 unspecified atom stereocenters. The van der Waals surface area contributed by atoms with Gasteiger partial charge in [-0.05, 0) is 40.8 Å². The van der Waals surface area contributed by atoms with Crippen LogP contribution in [0.5, 0.6) is 5.75 Å². The molecule has 0 aliphatic carbocycles. The van der Waals surface area contributed by atoms with Crippen molar-refractivity contribution < 1.29 is 24.2 Å². The number of carbonyl (C=O) groups excluding carboxylic acids is 1. The van der Waals surface area contributed by atoms with Gasteiger partial charge in [-0.2, -0.15) is 0 Å². The highest BCUT2D eigenvalue weighted by Crippen LogP contribution is 2.53. The van der Waals surface area contributed by atoms with Crippen LogP contribution in [0.3, 0.4) is 0 Å². The summed E-state index contributed by atoms with van der Waals surface area (Å²) in [7, 11) is 0. The number of carboxylic acid groups (broad SMARTS) is 1. The SMILES string of the molecule is CC(C)(C)C1n2ccc(=O)c3cc(CN4CCOCC4)cc(c32)OC12CCN(C(=O)O)C(C(=O)NCc1ccc(Cl)cc1)C2. The molecule has 3 aromatic rings. The zero-order valence-corrected chi connectivity index (χ0v) is 26.1. The van der Waals surface area contributed by atoms with Gasteiger partial charge in [0.25, 0.3) is 0 Å². The maximum atomic E-state index is 13.7. The van der Waals surface area contributed by atoms with Crippen LogP contribution >= 0.6 is 11.6 Å². The summed E-state index contributed by atoms with van der Waals surface area (Å²) >= 11 is 6.02. The topological polar surface area (TPSA) is 113 Å². The largest absolute Gasteiger partial charge is 0.483 e. The van der Waals surface area contributed by atoms with Crippen LogP contribution in [0.1, 0.15) is 50.8 Å². The van der Waals surface area contributed by atoms with E-state index in [0.29, 0.717) is 42.3 Å². The van der Waals surface area contributed by atoms with Gasteiger partial charge in [0.1, 0.15) is 17.4 Å². The molecular formula is C33H39ClN4O6. The maximum Gasteiger partial charge on any atom is 0.407 e. The lowest BCUT2D eigenvalue weighted by molar-refractivity contribution is -0.136. The average molecular weight is 623 g/mol. The van der Waals surface area contributed by atoms with E-state index in [4.69, 9.17) is 21.1 Å². The van der Waals surface area contributed by atoms with Crippen molar-refractivity contribution in [2.24, 2.45) is 5.41 Å². The van der Waals surface area contributed by atoms with Gasteiger partial charge in [-0.15, -0.1) is 0 Å². The van der Waals surface area contributed by atoms with Crippen LogP contribution in [-0.2, 0) is 22.6 Å². The number of pyridine rings is 1. The monoisotopic (exact) mass is 622 g/mol. The second kappa shape index (κ2) is 11.7. The van der Waals surface area contributed by atoms with Gasteiger partial charge in [0, 0.05) is 68.2 Å².